The summed E-state index contributed by atoms with van der Waals surface area (Å²) in [5.74, 6) is 0.00498. The van der Waals surface area contributed by atoms with Gasteiger partial charge in [-0.2, -0.15) is 5.26 Å². The maximum atomic E-state index is 11.5. The normalized spacial score (nSPS) is 11.6. The smallest absolute Gasteiger partial charge is 0.258 e. The summed E-state index contributed by atoms with van der Waals surface area (Å²) in [6, 6.07) is 5.04. The second-order valence-electron chi connectivity index (χ2n) is 4.47. The Labute approximate surface area is 134 Å². The van der Waals surface area contributed by atoms with Crippen LogP contribution in [-0.2, 0) is 11.2 Å². The molecule has 0 radical (unpaired) electrons. The van der Waals surface area contributed by atoms with Crippen LogP contribution >= 0.6 is 23.2 Å². The van der Waals surface area contributed by atoms with Crippen molar-refractivity contribution in [1.29, 1.82) is 5.26 Å². The molecule has 1 aromatic rings. The van der Waals surface area contributed by atoms with E-state index in [1.54, 1.807) is 12.1 Å². The molecular formula is C14H17Cl2N3O2. The molecule has 1 rings (SSSR count). The van der Waals surface area contributed by atoms with Crippen LogP contribution in [0.2, 0.25) is 10.0 Å². The molecular weight excluding hydrogens is 313 g/mol. The maximum Gasteiger partial charge on any atom is 0.258 e. The van der Waals surface area contributed by atoms with Crippen molar-refractivity contribution in [2.24, 2.45) is 5.73 Å². The number of nitrogens with zero attached hydrogens (tertiary/aromatic N) is 1. The Morgan fingerprint density at radius 2 is 2.24 bits per heavy atom. The van der Waals surface area contributed by atoms with Crippen LogP contribution in [-0.4, -0.2) is 25.1 Å². The van der Waals surface area contributed by atoms with E-state index in [1.807, 2.05) is 13.0 Å². The second kappa shape index (κ2) is 8.73. The van der Waals surface area contributed by atoms with Crippen molar-refractivity contribution in [3.05, 3.63) is 27.7 Å². The number of nitrogens with one attached hydrogen (secondary N) is 1. The van der Waals surface area contributed by atoms with Crippen molar-refractivity contribution in [3.63, 3.8) is 0 Å². The third-order valence-electron chi connectivity index (χ3n) is 2.80. The third kappa shape index (κ3) is 5.80. The largest absolute Gasteiger partial charge is 0.482 e. The van der Waals surface area contributed by atoms with Gasteiger partial charge in [-0.15, -0.1) is 0 Å². The maximum absolute atomic E-state index is 11.5. The molecule has 114 valence electrons. The van der Waals surface area contributed by atoms with Crippen molar-refractivity contribution in [2.75, 3.05) is 13.2 Å². The second-order valence-corrected chi connectivity index (χ2v) is 5.32. The number of hydrogen-bond acceptors (Lipinski definition) is 4. The number of hydrogen-bond donors (Lipinski definition) is 2. The third-order valence-corrected chi connectivity index (χ3v) is 3.30. The van der Waals surface area contributed by atoms with Gasteiger partial charge in [-0.1, -0.05) is 30.1 Å². The Balaban J connectivity index is 2.84. The number of ether oxygens (including phenoxy) is 1. The first kappa shape index (κ1) is 17.6. The summed E-state index contributed by atoms with van der Waals surface area (Å²) in [4.78, 5) is 11.5. The van der Waals surface area contributed by atoms with Crippen LogP contribution in [0.5, 0.6) is 5.75 Å². The van der Waals surface area contributed by atoms with E-state index in [-0.39, 0.29) is 19.2 Å². The van der Waals surface area contributed by atoms with Gasteiger partial charge in [0.1, 0.15) is 12.3 Å². The standard InChI is InChI=1S/C14H17Cl2N3O2/c1-2-11(18)6-9-5-10(15)7-12(16)14(9)21-8-13(20)19-4-3-17/h5,7,11H,2,4,6,8,18H2,1H3,(H,19,20). The topological polar surface area (TPSA) is 88.1 Å². The van der Waals surface area contributed by atoms with Gasteiger partial charge >= 0.3 is 0 Å². The number of nitrogens with two attached hydrogens (primary N) is 1. The average molecular weight is 330 g/mol. The molecule has 0 saturated heterocycles. The van der Waals surface area contributed by atoms with Crippen molar-refractivity contribution >= 4 is 29.1 Å². The zero-order valence-electron chi connectivity index (χ0n) is 11.7. The summed E-state index contributed by atoms with van der Waals surface area (Å²) in [6.45, 7) is 1.69. The van der Waals surface area contributed by atoms with E-state index in [1.165, 1.54) is 0 Å². The number of halogens is 2. The summed E-state index contributed by atoms with van der Waals surface area (Å²) in [5.41, 5.74) is 6.70. The number of benzene rings is 1. The van der Waals surface area contributed by atoms with E-state index in [2.05, 4.69) is 5.32 Å². The van der Waals surface area contributed by atoms with Gasteiger partial charge in [-0.3, -0.25) is 4.79 Å². The fourth-order valence-corrected chi connectivity index (χ4v) is 2.27. The Bertz CT molecular complexity index is 544. The zero-order valence-corrected chi connectivity index (χ0v) is 13.2. The highest BCUT2D eigenvalue weighted by atomic mass is 35.5. The Morgan fingerprint density at radius 3 is 2.86 bits per heavy atom. The predicted molar refractivity (Wildman–Crippen MR) is 82.6 cm³/mol. The lowest BCUT2D eigenvalue weighted by Crippen LogP contribution is -2.29. The van der Waals surface area contributed by atoms with Crippen molar-refractivity contribution in [1.82, 2.24) is 5.32 Å². The molecule has 0 aliphatic rings. The predicted octanol–water partition coefficient (Wildman–Crippen LogP) is 2.29. The monoisotopic (exact) mass is 329 g/mol. The molecule has 21 heavy (non-hydrogen) atoms. The minimum absolute atomic E-state index is 0.0469. The van der Waals surface area contributed by atoms with Gasteiger partial charge in [0.2, 0.25) is 0 Å². The fourth-order valence-electron chi connectivity index (χ4n) is 1.68. The molecule has 1 unspecified atom stereocenters. The summed E-state index contributed by atoms with van der Waals surface area (Å²) < 4.78 is 5.46. The van der Waals surface area contributed by atoms with Crippen LogP contribution in [0.25, 0.3) is 0 Å². The Kier molecular flexibility index (Phi) is 7.30. The highest BCUT2D eigenvalue weighted by Gasteiger charge is 2.14. The lowest BCUT2D eigenvalue weighted by atomic mass is 10.0. The molecule has 5 nitrogen and oxygen atoms in total. The van der Waals surface area contributed by atoms with Gasteiger partial charge in [0.05, 0.1) is 11.1 Å². The average Bonchev–Trinajstić information content (AvgIpc) is 2.43. The molecule has 0 heterocycles. The van der Waals surface area contributed by atoms with Crippen LogP contribution in [0.4, 0.5) is 0 Å². The van der Waals surface area contributed by atoms with Crippen molar-refractivity contribution in [2.45, 2.75) is 25.8 Å². The quantitative estimate of drug-likeness (QED) is 0.751. The van der Waals surface area contributed by atoms with Crippen LogP contribution in [0.3, 0.4) is 0 Å². The zero-order chi connectivity index (χ0) is 15.8. The number of amides is 1. The Morgan fingerprint density at radius 1 is 1.52 bits per heavy atom. The number of rotatable bonds is 7. The van der Waals surface area contributed by atoms with Crippen molar-refractivity contribution in [3.8, 4) is 11.8 Å². The first-order valence-corrected chi connectivity index (χ1v) is 7.23. The molecule has 0 saturated carbocycles. The van der Waals surface area contributed by atoms with Crippen LogP contribution in [0.15, 0.2) is 12.1 Å². The molecule has 1 atom stereocenters. The summed E-state index contributed by atoms with van der Waals surface area (Å²) in [7, 11) is 0. The SMILES string of the molecule is CCC(N)Cc1cc(Cl)cc(Cl)c1OCC(=O)NCC#N. The van der Waals surface area contributed by atoms with Gasteiger partial charge in [0, 0.05) is 11.1 Å². The van der Waals surface area contributed by atoms with E-state index < -0.39 is 5.91 Å². The molecule has 0 spiro atoms. The van der Waals surface area contributed by atoms with E-state index in [0.29, 0.717) is 22.2 Å². The lowest BCUT2D eigenvalue weighted by Gasteiger charge is -2.16. The van der Waals surface area contributed by atoms with Crippen LogP contribution < -0.4 is 15.8 Å². The van der Waals surface area contributed by atoms with E-state index in [0.717, 1.165) is 12.0 Å². The molecule has 0 aliphatic carbocycles. The van der Waals surface area contributed by atoms with E-state index >= 15 is 0 Å². The van der Waals surface area contributed by atoms with Crippen molar-refractivity contribution < 1.29 is 9.53 Å². The Hall–Kier alpha value is -1.48. The molecule has 1 aromatic carbocycles. The molecule has 3 N–H and O–H groups in total. The van der Waals surface area contributed by atoms with E-state index in [9.17, 15) is 4.79 Å². The highest BCUT2D eigenvalue weighted by molar-refractivity contribution is 6.35. The fraction of sp³-hybridized carbons (Fsp3) is 0.429. The van der Waals surface area contributed by atoms with Crippen LogP contribution in [0, 0.1) is 11.3 Å². The summed E-state index contributed by atoms with van der Waals surface area (Å²) in [5, 5.41) is 11.6. The van der Waals surface area contributed by atoms with Crippen LogP contribution in [0.1, 0.15) is 18.9 Å². The number of carbonyl (C=O) groups is 1. The summed E-state index contributed by atoms with van der Waals surface area (Å²) in [6.07, 6.45) is 1.35. The van der Waals surface area contributed by atoms with Gasteiger partial charge < -0.3 is 15.8 Å². The number of nitriles is 1. The first-order chi connectivity index (χ1) is 9.97. The summed E-state index contributed by atoms with van der Waals surface area (Å²) >= 11 is 12.1. The van der Waals surface area contributed by atoms with Gasteiger partial charge in [-0.05, 0) is 30.5 Å². The molecule has 0 fully saturated rings. The number of carbonyl (C=O) groups excluding carboxylic acids is 1. The first-order valence-electron chi connectivity index (χ1n) is 6.47. The van der Waals surface area contributed by atoms with Gasteiger partial charge in [-0.25, -0.2) is 0 Å². The lowest BCUT2D eigenvalue weighted by molar-refractivity contribution is -0.122. The molecule has 0 bridgehead atoms. The molecule has 0 aliphatic heterocycles. The molecule has 1 amide bonds. The van der Waals surface area contributed by atoms with Gasteiger partial charge in [0.25, 0.3) is 5.91 Å². The molecule has 0 aromatic heterocycles. The van der Waals surface area contributed by atoms with Gasteiger partial charge in [0.15, 0.2) is 6.61 Å². The van der Waals surface area contributed by atoms with E-state index in [4.69, 9.17) is 38.9 Å². The minimum atomic E-state index is -0.395. The molecule has 7 heteroatoms. The minimum Gasteiger partial charge on any atom is -0.482 e. The highest BCUT2D eigenvalue weighted by Crippen LogP contribution is 2.33.